The minimum Gasteiger partial charge on any atom is -0.502 e. The zero-order valence-electron chi connectivity index (χ0n) is 10.3. The van der Waals surface area contributed by atoms with Gasteiger partial charge in [-0.15, -0.1) is 0 Å². The zero-order valence-corrected chi connectivity index (χ0v) is 11.9. The van der Waals surface area contributed by atoms with E-state index in [1.165, 1.54) is 18.2 Å². The van der Waals surface area contributed by atoms with Gasteiger partial charge in [0.05, 0.1) is 9.40 Å². The number of anilines is 1. The molecule has 108 valence electrons. The Balaban J connectivity index is 2.22. The number of phenolic OH excluding ortho intramolecular Hbond substituents is 1. The third kappa shape index (κ3) is 3.34. The number of halogens is 2. The van der Waals surface area contributed by atoms with Crippen LogP contribution in [-0.2, 0) is 0 Å². The van der Waals surface area contributed by atoms with Crippen molar-refractivity contribution in [3.05, 3.63) is 62.4 Å². The summed E-state index contributed by atoms with van der Waals surface area (Å²) in [5, 5.41) is 22.5. The first-order valence-electron chi connectivity index (χ1n) is 5.62. The largest absolute Gasteiger partial charge is 0.502 e. The fourth-order valence-electron chi connectivity index (χ4n) is 1.60. The van der Waals surface area contributed by atoms with Gasteiger partial charge >= 0.3 is 5.69 Å². The number of carbonyl (C=O) groups excluding carboxylic acids is 1. The maximum Gasteiger partial charge on any atom is 0.310 e. The van der Waals surface area contributed by atoms with Gasteiger partial charge in [-0.3, -0.25) is 14.9 Å². The first-order chi connectivity index (χ1) is 9.88. The van der Waals surface area contributed by atoms with Crippen LogP contribution in [0, 0.1) is 15.9 Å². The summed E-state index contributed by atoms with van der Waals surface area (Å²) in [4.78, 5) is 21.7. The highest BCUT2D eigenvalue weighted by molar-refractivity contribution is 9.10. The molecule has 0 spiro atoms. The summed E-state index contributed by atoms with van der Waals surface area (Å²) >= 11 is 2.99. The predicted molar refractivity (Wildman–Crippen MR) is 76.8 cm³/mol. The van der Waals surface area contributed by atoms with Gasteiger partial charge in [-0.2, -0.15) is 0 Å². The molecule has 0 aliphatic carbocycles. The summed E-state index contributed by atoms with van der Waals surface area (Å²) < 4.78 is 13.6. The lowest BCUT2D eigenvalue weighted by atomic mass is 10.1. The molecule has 0 saturated carbocycles. The number of nitro groups is 1. The van der Waals surface area contributed by atoms with Crippen molar-refractivity contribution in [2.75, 3.05) is 5.32 Å². The van der Waals surface area contributed by atoms with Gasteiger partial charge in [0.2, 0.25) is 0 Å². The quantitative estimate of drug-likeness (QED) is 0.652. The van der Waals surface area contributed by atoms with Crippen LogP contribution in [0.3, 0.4) is 0 Å². The number of phenols is 1. The summed E-state index contributed by atoms with van der Waals surface area (Å²) in [6.45, 7) is 0. The minimum atomic E-state index is -0.763. The van der Waals surface area contributed by atoms with Gasteiger partial charge in [0.25, 0.3) is 5.91 Å². The van der Waals surface area contributed by atoms with Crippen LogP contribution in [0.2, 0.25) is 0 Å². The maximum atomic E-state index is 13.3. The fourth-order valence-corrected chi connectivity index (χ4v) is 1.84. The fraction of sp³-hybridized carbons (Fsp3) is 0. The molecule has 6 nitrogen and oxygen atoms in total. The van der Waals surface area contributed by atoms with Gasteiger partial charge in [-0.25, -0.2) is 4.39 Å². The van der Waals surface area contributed by atoms with Gasteiger partial charge in [-0.05, 0) is 46.3 Å². The van der Waals surface area contributed by atoms with Gasteiger partial charge in [0, 0.05) is 17.3 Å². The molecule has 2 rings (SSSR count). The zero-order chi connectivity index (χ0) is 15.6. The summed E-state index contributed by atoms with van der Waals surface area (Å²) in [5.41, 5.74) is -0.263. The van der Waals surface area contributed by atoms with E-state index in [0.29, 0.717) is 0 Å². The van der Waals surface area contributed by atoms with Gasteiger partial charge in [0.1, 0.15) is 5.82 Å². The van der Waals surface area contributed by atoms with Crippen molar-refractivity contribution in [2.24, 2.45) is 0 Å². The molecule has 0 fully saturated rings. The van der Waals surface area contributed by atoms with Gasteiger partial charge in [-0.1, -0.05) is 0 Å². The summed E-state index contributed by atoms with van der Waals surface area (Å²) in [5.74, 6) is -1.78. The number of nitrogens with zero attached hydrogens (tertiary/aromatic N) is 1. The molecule has 0 heterocycles. The lowest BCUT2D eigenvalue weighted by molar-refractivity contribution is -0.385. The van der Waals surface area contributed by atoms with Crippen LogP contribution in [-0.4, -0.2) is 15.9 Å². The lowest BCUT2D eigenvalue weighted by Crippen LogP contribution is -2.12. The number of amides is 1. The van der Waals surface area contributed by atoms with Crippen molar-refractivity contribution in [3.63, 3.8) is 0 Å². The minimum absolute atomic E-state index is 0.0152. The highest BCUT2D eigenvalue weighted by atomic mass is 79.9. The number of nitro benzene ring substituents is 1. The molecular weight excluding hydrogens is 347 g/mol. The summed E-state index contributed by atoms with van der Waals surface area (Å²) in [6, 6.07) is 7.22. The van der Waals surface area contributed by atoms with Crippen LogP contribution in [0.4, 0.5) is 15.8 Å². The van der Waals surface area contributed by atoms with Crippen LogP contribution >= 0.6 is 15.9 Å². The molecule has 0 radical (unpaired) electrons. The second-order valence-electron chi connectivity index (χ2n) is 4.04. The number of nitrogens with one attached hydrogen (secondary N) is 1. The molecular formula is C13H8BrFN2O4. The van der Waals surface area contributed by atoms with Gasteiger partial charge in [0.15, 0.2) is 5.75 Å². The van der Waals surface area contributed by atoms with Crippen molar-refractivity contribution in [1.82, 2.24) is 0 Å². The van der Waals surface area contributed by atoms with E-state index in [9.17, 15) is 24.4 Å². The third-order valence-corrected chi connectivity index (χ3v) is 3.25. The number of benzene rings is 2. The number of aromatic hydroxyl groups is 1. The maximum absolute atomic E-state index is 13.3. The monoisotopic (exact) mass is 354 g/mol. The van der Waals surface area contributed by atoms with E-state index in [2.05, 4.69) is 21.2 Å². The average Bonchev–Trinajstić information content (AvgIpc) is 2.42. The standard InChI is InChI=1S/C13H8BrFN2O4/c14-9-3-2-8(6-10(9)15)16-13(19)7-1-4-11(17(20)21)12(18)5-7/h1-6,18H,(H,16,19). The Morgan fingerprint density at radius 1 is 1.29 bits per heavy atom. The molecule has 0 aromatic heterocycles. The van der Waals surface area contributed by atoms with E-state index < -0.39 is 28.1 Å². The normalized spacial score (nSPS) is 10.2. The predicted octanol–water partition coefficient (Wildman–Crippen LogP) is 3.45. The Bertz CT molecular complexity index is 736. The Morgan fingerprint density at radius 3 is 2.57 bits per heavy atom. The molecule has 21 heavy (non-hydrogen) atoms. The van der Waals surface area contributed by atoms with Crippen LogP contribution in [0.25, 0.3) is 0 Å². The van der Waals surface area contributed by atoms with Crippen LogP contribution in [0.15, 0.2) is 40.9 Å². The van der Waals surface area contributed by atoms with E-state index >= 15 is 0 Å². The van der Waals surface area contributed by atoms with Crippen molar-refractivity contribution in [3.8, 4) is 5.75 Å². The lowest BCUT2D eigenvalue weighted by Gasteiger charge is -2.06. The van der Waals surface area contributed by atoms with Crippen molar-refractivity contribution in [2.45, 2.75) is 0 Å². The van der Waals surface area contributed by atoms with Crippen molar-refractivity contribution >= 4 is 33.2 Å². The summed E-state index contributed by atoms with van der Waals surface area (Å²) in [6.07, 6.45) is 0. The van der Waals surface area contributed by atoms with E-state index in [1.54, 1.807) is 0 Å². The summed E-state index contributed by atoms with van der Waals surface area (Å²) in [7, 11) is 0. The molecule has 2 N–H and O–H groups in total. The molecule has 2 aromatic rings. The number of hydrogen-bond acceptors (Lipinski definition) is 4. The van der Waals surface area contributed by atoms with Crippen molar-refractivity contribution < 1.29 is 19.2 Å². The Hall–Kier alpha value is -2.48. The molecule has 2 aromatic carbocycles. The van der Waals surface area contributed by atoms with E-state index in [1.807, 2.05) is 0 Å². The second-order valence-corrected chi connectivity index (χ2v) is 4.90. The third-order valence-electron chi connectivity index (χ3n) is 2.61. The molecule has 0 saturated heterocycles. The van der Waals surface area contributed by atoms with E-state index in [4.69, 9.17) is 0 Å². The average molecular weight is 355 g/mol. The van der Waals surface area contributed by atoms with Crippen molar-refractivity contribution in [1.29, 1.82) is 0 Å². The number of rotatable bonds is 3. The smallest absolute Gasteiger partial charge is 0.310 e. The van der Waals surface area contributed by atoms with Crippen LogP contribution < -0.4 is 5.32 Å². The Morgan fingerprint density at radius 2 is 2.00 bits per heavy atom. The van der Waals surface area contributed by atoms with Gasteiger partial charge < -0.3 is 10.4 Å². The molecule has 8 heteroatoms. The van der Waals surface area contributed by atoms with E-state index in [0.717, 1.165) is 18.2 Å². The Labute approximate surface area is 126 Å². The van der Waals surface area contributed by atoms with Crippen LogP contribution in [0.1, 0.15) is 10.4 Å². The first kappa shape index (κ1) is 14.9. The highest BCUT2D eigenvalue weighted by Gasteiger charge is 2.16. The van der Waals surface area contributed by atoms with E-state index in [-0.39, 0.29) is 15.7 Å². The SMILES string of the molecule is O=C(Nc1ccc(Br)c(F)c1)c1ccc([N+](=O)[O-])c(O)c1. The molecule has 0 aliphatic rings. The number of hydrogen-bond donors (Lipinski definition) is 2. The molecule has 1 amide bonds. The topological polar surface area (TPSA) is 92.5 Å². The second kappa shape index (κ2) is 5.88. The molecule has 0 aliphatic heterocycles. The van der Waals surface area contributed by atoms with Crippen LogP contribution in [0.5, 0.6) is 5.75 Å². The number of carbonyl (C=O) groups is 1. The Kier molecular flexibility index (Phi) is 4.18. The highest BCUT2D eigenvalue weighted by Crippen LogP contribution is 2.27. The molecule has 0 unspecified atom stereocenters. The molecule has 0 bridgehead atoms. The first-order valence-corrected chi connectivity index (χ1v) is 6.41. The molecule has 0 atom stereocenters.